The zero-order chi connectivity index (χ0) is 19.7. The third-order valence-corrected chi connectivity index (χ3v) is 5.94. The van der Waals surface area contributed by atoms with Gasteiger partial charge in [0.05, 0.1) is 6.61 Å². The van der Waals surface area contributed by atoms with Crippen molar-refractivity contribution in [2.75, 3.05) is 38.2 Å². The molecule has 0 aromatic heterocycles. The fourth-order valence-corrected chi connectivity index (χ4v) is 4.38. The molecular formula is C23H36N2O3. The summed E-state index contributed by atoms with van der Waals surface area (Å²) in [6.07, 6.45) is 9.81. The maximum absolute atomic E-state index is 13.0. The van der Waals surface area contributed by atoms with Crippen LogP contribution in [-0.2, 0) is 9.53 Å². The van der Waals surface area contributed by atoms with E-state index >= 15 is 0 Å². The first-order valence-corrected chi connectivity index (χ1v) is 11.1. The van der Waals surface area contributed by atoms with Gasteiger partial charge in [0, 0.05) is 18.8 Å². The summed E-state index contributed by atoms with van der Waals surface area (Å²) < 4.78 is 11.8. The molecule has 1 heterocycles. The molecule has 0 unspecified atom stereocenters. The van der Waals surface area contributed by atoms with Crippen molar-refractivity contribution in [3.8, 4) is 5.75 Å². The SMILES string of the molecule is CCOC1(C(=O)Nc2ccc(OCCCN3CCCC3)cc2)CCCCCC1. The second-order valence-corrected chi connectivity index (χ2v) is 8.07. The lowest BCUT2D eigenvalue weighted by atomic mass is 9.93. The van der Waals surface area contributed by atoms with Crippen LogP contribution < -0.4 is 10.1 Å². The predicted octanol–water partition coefficient (Wildman–Crippen LogP) is 4.62. The summed E-state index contributed by atoms with van der Waals surface area (Å²) in [5.41, 5.74) is 0.133. The number of benzene rings is 1. The number of anilines is 1. The van der Waals surface area contributed by atoms with Crippen LogP contribution >= 0.6 is 0 Å². The quantitative estimate of drug-likeness (QED) is 0.495. The van der Waals surface area contributed by atoms with Crippen molar-refractivity contribution in [2.45, 2.75) is 70.3 Å². The number of hydrogen-bond acceptors (Lipinski definition) is 4. The molecule has 0 atom stereocenters. The standard InChI is InChI=1S/C23H36N2O3/c1-2-28-23(14-5-3-4-6-15-23)22(26)24-20-10-12-21(13-11-20)27-19-9-18-25-16-7-8-17-25/h10-13H,2-9,14-19H2,1H3,(H,24,26). The van der Waals surface area contributed by atoms with Crippen molar-refractivity contribution in [1.29, 1.82) is 0 Å². The van der Waals surface area contributed by atoms with E-state index in [0.29, 0.717) is 6.61 Å². The zero-order valence-electron chi connectivity index (χ0n) is 17.4. The van der Waals surface area contributed by atoms with Gasteiger partial charge in [0.25, 0.3) is 5.91 Å². The number of carbonyl (C=O) groups is 1. The Morgan fingerprint density at radius 2 is 1.71 bits per heavy atom. The van der Waals surface area contributed by atoms with E-state index in [1.54, 1.807) is 0 Å². The van der Waals surface area contributed by atoms with E-state index in [0.717, 1.165) is 56.7 Å². The molecule has 1 aliphatic carbocycles. The summed E-state index contributed by atoms with van der Waals surface area (Å²) >= 11 is 0. The van der Waals surface area contributed by atoms with Gasteiger partial charge < -0.3 is 19.7 Å². The number of carbonyl (C=O) groups excluding carboxylic acids is 1. The van der Waals surface area contributed by atoms with E-state index in [2.05, 4.69) is 10.2 Å². The van der Waals surface area contributed by atoms with Gasteiger partial charge in [-0.15, -0.1) is 0 Å². The molecule has 156 valence electrons. The number of nitrogens with zero attached hydrogens (tertiary/aromatic N) is 1. The van der Waals surface area contributed by atoms with Crippen LogP contribution in [0.2, 0.25) is 0 Å². The Balaban J connectivity index is 1.47. The number of amides is 1. The van der Waals surface area contributed by atoms with Crippen LogP contribution in [0, 0.1) is 0 Å². The minimum Gasteiger partial charge on any atom is -0.494 e. The average molecular weight is 389 g/mol. The maximum Gasteiger partial charge on any atom is 0.256 e. The van der Waals surface area contributed by atoms with Gasteiger partial charge >= 0.3 is 0 Å². The second-order valence-electron chi connectivity index (χ2n) is 8.07. The number of hydrogen-bond donors (Lipinski definition) is 1. The molecule has 28 heavy (non-hydrogen) atoms. The van der Waals surface area contributed by atoms with Crippen LogP contribution in [0.3, 0.4) is 0 Å². The maximum atomic E-state index is 13.0. The number of likely N-dealkylation sites (tertiary alicyclic amines) is 1. The molecule has 0 spiro atoms. The lowest BCUT2D eigenvalue weighted by Crippen LogP contribution is -2.45. The third kappa shape index (κ3) is 5.95. The summed E-state index contributed by atoms with van der Waals surface area (Å²) in [7, 11) is 0. The highest BCUT2D eigenvalue weighted by atomic mass is 16.5. The van der Waals surface area contributed by atoms with Crippen LogP contribution in [0.15, 0.2) is 24.3 Å². The molecule has 0 radical (unpaired) electrons. The topological polar surface area (TPSA) is 50.8 Å². The highest BCUT2D eigenvalue weighted by Gasteiger charge is 2.39. The molecule has 1 saturated heterocycles. The monoisotopic (exact) mass is 388 g/mol. The molecule has 1 aliphatic heterocycles. The van der Waals surface area contributed by atoms with E-state index in [-0.39, 0.29) is 5.91 Å². The van der Waals surface area contributed by atoms with E-state index in [1.807, 2.05) is 31.2 Å². The van der Waals surface area contributed by atoms with Gasteiger partial charge in [-0.1, -0.05) is 25.7 Å². The largest absolute Gasteiger partial charge is 0.494 e. The molecule has 1 saturated carbocycles. The average Bonchev–Trinajstić information content (AvgIpc) is 3.11. The molecular weight excluding hydrogens is 352 g/mol. The molecule has 1 N–H and O–H groups in total. The third-order valence-electron chi connectivity index (χ3n) is 5.94. The van der Waals surface area contributed by atoms with E-state index in [9.17, 15) is 4.79 Å². The first kappa shape index (κ1) is 21.1. The van der Waals surface area contributed by atoms with E-state index in [1.165, 1.54) is 38.8 Å². The van der Waals surface area contributed by atoms with Crippen LogP contribution in [0.5, 0.6) is 5.75 Å². The minimum atomic E-state index is -0.671. The van der Waals surface area contributed by atoms with Gasteiger partial charge in [-0.05, 0) is 76.4 Å². The number of ether oxygens (including phenoxy) is 2. The highest BCUT2D eigenvalue weighted by molar-refractivity contribution is 5.97. The van der Waals surface area contributed by atoms with Crippen molar-refractivity contribution < 1.29 is 14.3 Å². The van der Waals surface area contributed by atoms with E-state index in [4.69, 9.17) is 9.47 Å². The summed E-state index contributed by atoms with van der Waals surface area (Å²) in [5.74, 6) is 0.851. The summed E-state index contributed by atoms with van der Waals surface area (Å²) in [5, 5.41) is 3.07. The predicted molar refractivity (Wildman–Crippen MR) is 113 cm³/mol. The van der Waals surface area contributed by atoms with Crippen LogP contribution in [-0.4, -0.2) is 49.3 Å². The second kappa shape index (κ2) is 10.8. The molecule has 1 aromatic carbocycles. The zero-order valence-corrected chi connectivity index (χ0v) is 17.4. The molecule has 1 aromatic rings. The van der Waals surface area contributed by atoms with Crippen molar-refractivity contribution >= 4 is 11.6 Å². The van der Waals surface area contributed by atoms with Crippen molar-refractivity contribution in [1.82, 2.24) is 4.90 Å². The van der Waals surface area contributed by atoms with Gasteiger partial charge in [0.15, 0.2) is 0 Å². The normalized spacial score (nSPS) is 19.9. The summed E-state index contributed by atoms with van der Waals surface area (Å²) in [4.78, 5) is 15.5. The molecule has 0 bridgehead atoms. The number of nitrogens with one attached hydrogen (secondary N) is 1. The Morgan fingerprint density at radius 3 is 2.36 bits per heavy atom. The molecule has 5 heteroatoms. The van der Waals surface area contributed by atoms with Crippen LogP contribution in [0.1, 0.15) is 64.7 Å². The van der Waals surface area contributed by atoms with Crippen LogP contribution in [0.25, 0.3) is 0 Å². The molecule has 3 rings (SSSR count). The molecule has 1 amide bonds. The smallest absolute Gasteiger partial charge is 0.256 e. The fraction of sp³-hybridized carbons (Fsp3) is 0.696. The highest BCUT2D eigenvalue weighted by Crippen LogP contribution is 2.32. The van der Waals surface area contributed by atoms with Gasteiger partial charge in [0.1, 0.15) is 11.4 Å². The summed E-state index contributed by atoms with van der Waals surface area (Å²) in [6.45, 7) is 6.85. The van der Waals surface area contributed by atoms with Gasteiger partial charge in [0.2, 0.25) is 0 Å². The van der Waals surface area contributed by atoms with Crippen molar-refractivity contribution in [2.24, 2.45) is 0 Å². The minimum absolute atomic E-state index is 0.00414. The lowest BCUT2D eigenvalue weighted by molar-refractivity contribution is -0.143. The van der Waals surface area contributed by atoms with Gasteiger partial charge in [-0.3, -0.25) is 4.79 Å². The fourth-order valence-electron chi connectivity index (χ4n) is 4.38. The first-order valence-electron chi connectivity index (χ1n) is 11.1. The Hall–Kier alpha value is -1.59. The van der Waals surface area contributed by atoms with Gasteiger partial charge in [-0.2, -0.15) is 0 Å². The van der Waals surface area contributed by atoms with Crippen molar-refractivity contribution in [3.63, 3.8) is 0 Å². The number of rotatable bonds is 9. The van der Waals surface area contributed by atoms with Gasteiger partial charge in [-0.25, -0.2) is 0 Å². The Bertz CT molecular complexity index is 588. The Kier molecular flexibility index (Phi) is 8.16. The molecule has 2 aliphatic rings. The first-order chi connectivity index (χ1) is 13.7. The van der Waals surface area contributed by atoms with E-state index < -0.39 is 5.60 Å². The van der Waals surface area contributed by atoms with Crippen LogP contribution in [0.4, 0.5) is 5.69 Å². The molecule has 5 nitrogen and oxygen atoms in total. The summed E-state index contributed by atoms with van der Waals surface area (Å²) in [6, 6.07) is 7.71. The Labute approximate surface area is 169 Å². The van der Waals surface area contributed by atoms with Crippen molar-refractivity contribution in [3.05, 3.63) is 24.3 Å². The lowest BCUT2D eigenvalue weighted by Gasteiger charge is -2.31. The Morgan fingerprint density at radius 1 is 1.04 bits per heavy atom. The molecule has 2 fully saturated rings.